The number of benzene rings is 2. The Labute approximate surface area is 156 Å². The molecule has 3 rings (SSSR count). The van der Waals surface area contributed by atoms with Crippen LogP contribution in [0.1, 0.15) is 17.3 Å². The van der Waals surface area contributed by atoms with Crippen molar-refractivity contribution in [1.29, 1.82) is 0 Å². The quantitative estimate of drug-likeness (QED) is 0.540. The smallest absolute Gasteiger partial charge is 0.343 e. The summed E-state index contributed by atoms with van der Waals surface area (Å²) in [5.74, 6) is 0.779. The Morgan fingerprint density at radius 2 is 1.67 bits per heavy atom. The molecule has 0 aliphatic rings. The lowest BCUT2D eigenvalue weighted by molar-refractivity contribution is 0.0524. The normalized spacial score (nSPS) is 9.89. The molecule has 1 heterocycles. The van der Waals surface area contributed by atoms with E-state index in [2.05, 4.69) is 4.98 Å². The number of rotatable bonds is 4. The number of hydrogen-bond donors (Lipinski definition) is 2. The van der Waals surface area contributed by atoms with Crippen LogP contribution >= 0.6 is 0 Å². The highest BCUT2D eigenvalue weighted by Crippen LogP contribution is 2.16. The van der Waals surface area contributed by atoms with Gasteiger partial charge in [-0.3, -0.25) is 4.79 Å². The van der Waals surface area contributed by atoms with Gasteiger partial charge in [0.15, 0.2) is 0 Å². The molecular formula is C20H22N2O5. The zero-order valence-electron chi connectivity index (χ0n) is 15.4. The third-order valence-corrected chi connectivity index (χ3v) is 3.70. The van der Waals surface area contributed by atoms with Gasteiger partial charge in [0.25, 0.3) is 0 Å². The van der Waals surface area contributed by atoms with Gasteiger partial charge in [0.05, 0.1) is 26.2 Å². The number of nitrogen functional groups attached to an aromatic ring is 1. The minimum absolute atomic E-state index is 0.00222. The molecule has 1 aromatic heterocycles. The van der Waals surface area contributed by atoms with E-state index in [4.69, 9.17) is 19.9 Å². The standard InChI is InChI=1S/C13H13NO4.C7H9NO/c1-3-18-13(16)10-7-14-11-5-4-8(17-2)6-9(11)12(10)15;1-9-7-4-2-6(8)3-5-7/h4-7H,3H2,1-2H3,(H,14,15);2-5H,8H2,1H3. The summed E-state index contributed by atoms with van der Waals surface area (Å²) in [5, 5.41) is 0.403. The number of carbonyl (C=O) groups is 1. The second-order valence-electron chi connectivity index (χ2n) is 5.44. The predicted molar refractivity (Wildman–Crippen MR) is 104 cm³/mol. The Kier molecular flexibility index (Phi) is 6.82. The fraction of sp³-hybridized carbons (Fsp3) is 0.200. The lowest BCUT2D eigenvalue weighted by Crippen LogP contribution is -2.18. The lowest BCUT2D eigenvalue weighted by Gasteiger charge is -2.05. The number of esters is 1. The maximum absolute atomic E-state index is 12.1. The van der Waals surface area contributed by atoms with E-state index in [0.717, 1.165) is 11.4 Å². The predicted octanol–water partition coefficient (Wildman–Crippen LogP) is 2.99. The number of H-pyrrole nitrogens is 1. The molecule has 0 unspecified atom stereocenters. The van der Waals surface area contributed by atoms with Crippen LogP contribution in [0.3, 0.4) is 0 Å². The third kappa shape index (κ3) is 5.01. The number of carbonyl (C=O) groups excluding carboxylic acids is 1. The van der Waals surface area contributed by atoms with E-state index in [9.17, 15) is 9.59 Å². The Morgan fingerprint density at radius 3 is 2.26 bits per heavy atom. The van der Waals surface area contributed by atoms with E-state index >= 15 is 0 Å². The van der Waals surface area contributed by atoms with Gasteiger partial charge in [0.1, 0.15) is 17.1 Å². The van der Waals surface area contributed by atoms with Crippen molar-refractivity contribution in [3.8, 4) is 11.5 Å². The molecule has 0 aliphatic carbocycles. The van der Waals surface area contributed by atoms with Gasteiger partial charge < -0.3 is 24.9 Å². The van der Waals surface area contributed by atoms with Crippen LogP contribution in [0.2, 0.25) is 0 Å². The lowest BCUT2D eigenvalue weighted by atomic mass is 10.1. The molecule has 0 atom stereocenters. The fourth-order valence-electron chi connectivity index (χ4n) is 2.29. The van der Waals surface area contributed by atoms with Gasteiger partial charge in [-0.2, -0.15) is 0 Å². The molecule has 0 radical (unpaired) electrons. The minimum atomic E-state index is -0.622. The maximum atomic E-state index is 12.1. The van der Waals surface area contributed by atoms with Crippen LogP contribution in [0.4, 0.5) is 5.69 Å². The van der Waals surface area contributed by atoms with E-state index in [-0.39, 0.29) is 17.6 Å². The summed E-state index contributed by atoms with van der Waals surface area (Å²) < 4.78 is 14.8. The van der Waals surface area contributed by atoms with Crippen LogP contribution in [0.15, 0.2) is 53.5 Å². The summed E-state index contributed by atoms with van der Waals surface area (Å²) in [4.78, 5) is 26.6. The van der Waals surface area contributed by atoms with Gasteiger partial charge in [-0.15, -0.1) is 0 Å². The van der Waals surface area contributed by atoms with Crippen molar-refractivity contribution in [2.24, 2.45) is 0 Å². The molecule has 0 saturated heterocycles. The fourth-order valence-corrected chi connectivity index (χ4v) is 2.29. The van der Waals surface area contributed by atoms with Gasteiger partial charge in [0, 0.05) is 17.4 Å². The maximum Gasteiger partial charge on any atom is 0.343 e. The molecule has 7 nitrogen and oxygen atoms in total. The summed E-state index contributed by atoms with van der Waals surface area (Å²) in [6, 6.07) is 12.3. The highest BCUT2D eigenvalue weighted by atomic mass is 16.5. The Hall–Kier alpha value is -3.48. The van der Waals surface area contributed by atoms with Gasteiger partial charge in [-0.25, -0.2) is 4.79 Å². The Morgan fingerprint density at radius 1 is 1.04 bits per heavy atom. The van der Waals surface area contributed by atoms with E-state index in [1.54, 1.807) is 44.4 Å². The molecular weight excluding hydrogens is 348 g/mol. The van der Waals surface area contributed by atoms with Crippen LogP contribution in [0.5, 0.6) is 11.5 Å². The van der Waals surface area contributed by atoms with Crippen molar-refractivity contribution in [3.05, 3.63) is 64.4 Å². The summed E-state index contributed by atoms with van der Waals surface area (Å²) in [5.41, 5.74) is 6.47. The average Bonchev–Trinajstić information content (AvgIpc) is 2.69. The van der Waals surface area contributed by atoms with Crippen LogP contribution in [0.25, 0.3) is 10.9 Å². The van der Waals surface area contributed by atoms with Gasteiger partial charge >= 0.3 is 5.97 Å². The average molecular weight is 370 g/mol. The molecule has 0 saturated carbocycles. The number of aromatic nitrogens is 1. The molecule has 3 aromatic rings. The number of nitrogens with one attached hydrogen (secondary N) is 1. The SMILES string of the molecule is CCOC(=O)c1c[nH]c2ccc(OC)cc2c1=O.COc1ccc(N)cc1. The van der Waals surface area contributed by atoms with Crippen LogP contribution < -0.4 is 20.6 Å². The van der Waals surface area contributed by atoms with Crippen molar-refractivity contribution in [2.75, 3.05) is 26.6 Å². The first-order chi connectivity index (χ1) is 13.0. The number of fused-ring (bicyclic) bond motifs is 1. The third-order valence-electron chi connectivity index (χ3n) is 3.70. The molecule has 3 N–H and O–H groups in total. The van der Waals surface area contributed by atoms with Crippen molar-refractivity contribution in [3.63, 3.8) is 0 Å². The highest BCUT2D eigenvalue weighted by molar-refractivity contribution is 5.93. The molecule has 0 aliphatic heterocycles. The number of ether oxygens (including phenoxy) is 3. The van der Waals surface area contributed by atoms with E-state index in [1.807, 2.05) is 12.1 Å². The summed E-state index contributed by atoms with van der Waals surface area (Å²) in [7, 11) is 3.15. The zero-order valence-corrected chi connectivity index (χ0v) is 15.4. The van der Waals surface area contributed by atoms with Crippen LogP contribution in [-0.2, 0) is 4.74 Å². The first-order valence-corrected chi connectivity index (χ1v) is 8.26. The first kappa shape index (κ1) is 19.8. The number of aromatic amines is 1. The Balaban J connectivity index is 0.000000244. The number of anilines is 1. The molecule has 7 heteroatoms. The minimum Gasteiger partial charge on any atom is -0.497 e. The van der Waals surface area contributed by atoms with E-state index < -0.39 is 5.97 Å². The van der Waals surface area contributed by atoms with Crippen molar-refractivity contribution in [1.82, 2.24) is 4.98 Å². The van der Waals surface area contributed by atoms with Gasteiger partial charge in [-0.1, -0.05) is 0 Å². The molecule has 0 spiro atoms. The number of nitrogens with two attached hydrogens (primary N) is 1. The number of hydrogen-bond acceptors (Lipinski definition) is 6. The summed E-state index contributed by atoms with van der Waals surface area (Å²) in [6.07, 6.45) is 1.37. The van der Waals surface area contributed by atoms with Gasteiger partial charge in [-0.05, 0) is 49.4 Å². The zero-order chi connectivity index (χ0) is 19.8. The molecule has 0 amide bonds. The van der Waals surface area contributed by atoms with Crippen molar-refractivity contribution in [2.45, 2.75) is 6.92 Å². The monoisotopic (exact) mass is 370 g/mol. The van der Waals surface area contributed by atoms with Crippen molar-refractivity contribution >= 4 is 22.6 Å². The second kappa shape index (κ2) is 9.28. The van der Waals surface area contributed by atoms with E-state index in [0.29, 0.717) is 16.7 Å². The van der Waals surface area contributed by atoms with Crippen LogP contribution in [-0.4, -0.2) is 31.8 Å². The van der Waals surface area contributed by atoms with Crippen LogP contribution in [0, 0.1) is 0 Å². The topological polar surface area (TPSA) is 104 Å². The van der Waals surface area contributed by atoms with E-state index in [1.165, 1.54) is 13.3 Å². The largest absolute Gasteiger partial charge is 0.497 e. The summed E-state index contributed by atoms with van der Waals surface area (Å²) >= 11 is 0. The molecule has 0 bridgehead atoms. The Bertz CT molecular complexity index is 964. The highest BCUT2D eigenvalue weighted by Gasteiger charge is 2.14. The second-order valence-corrected chi connectivity index (χ2v) is 5.44. The molecule has 0 fully saturated rings. The number of pyridine rings is 1. The molecule has 2 aromatic carbocycles. The first-order valence-electron chi connectivity index (χ1n) is 8.26. The van der Waals surface area contributed by atoms with Crippen molar-refractivity contribution < 1.29 is 19.0 Å². The summed E-state index contributed by atoms with van der Waals surface area (Å²) in [6.45, 7) is 1.92. The number of methoxy groups -OCH3 is 2. The molecule has 27 heavy (non-hydrogen) atoms. The molecule has 142 valence electrons. The van der Waals surface area contributed by atoms with Gasteiger partial charge in [0.2, 0.25) is 5.43 Å².